The zero-order valence-electron chi connectivity index (χ0n) is 11.2. The van der Waals surface area contributed by atoms with Gasteiger partial charge in [-0.15, -0.1) is 0 Å². The summed E-state index contributed by atoms with van der Waals surface area (Å²) in [4.78, 5) is 16.3. The Morgan fingerprint density at radius 1 is 1.19 bits per heavy atom. The molecule has 0 amide bonds. The van der Waals surface area contributed by atoms with Crippen molar-refractivity contribution in [3.05, 3.63) is 30.7 Å². The second-order valence-electron chi connectivity index (χ2n) is 4.90. The Labute approximate surface area is 118 Å². The molecular weight excluding hydrogens is 275 g/mol. The molecule has 0 aliphatic heterocycles. The minimum atomic E-state index is -1.43. The van der Waals surface area contributed by atoms with E-state index in [0.717, 1.165) is 0 Å². The summed E-state index contributed by atoms with van der Waals surface area (Å²) in [6, 6.07) is 0. The SMILES string of the molecule is COc1ncnc(C2(F)CC2)c1-n1ncc2ncncc21. The molecule has 0 saturated heterocycles. The second-order valence-corrected chi connectivity index (χ2v) is 4.90. The van der Waals surface area contributed by atoms with Gasteiger partial charge < -0.3 is 4.74 Å². The van der Waals surface area contributed by atoms with Crippen molar-refractivity contribution in [1.82, 2.24) is 29.7 Å². The topological polar surface area (TPSA) is 78.6 Å². The Balaban J connectivity index is 2.03. The van der Waals surface area contributed by atoms with Crippen molar-refractivity contribution in [1.29, 1.82) is 0 Å². The van der Waals surface area contributed by atoms with Crippen LogP contribution in [0.25, 0.3) is 16.7 Å². The summed E-state index contributed by atoms with van der Waals surface area (Å²) in [6.45, 7) is 0. The fourth-order valence-corrected chi connectivity index (χ4v) is 2.32. The first-order chi connectivity index (χ1) is 10.2. The highest BCUT2D eigenvalue weighted by atomic mass is 19.1. The molecule has 0 spiro atoms. The molecule has 1 aliphatic carbocycles. The Morgan fingerprint density at radius 3 is 2.81 bits per heavy atom. The Morgan fingerprint density at radius 2 is 2.05 bits per heavy atom. The number of hydrogen-bond acceptors (Lipinski definition) is 6. The minimum absolute atomic E-state index is 0.276. The lowest BCUT2D eigenvalue weighted by Crippen LogP contribution is -2.12. The van der Waals surface area contributed by atoms with E-state index in [0.29, 0.717) is 35.3 Å². The maximum atomic E-state index is 14.6. The van der Waals surface area contributed by atoms with E-state index >= 15 is 0 Å². The highest BCUT2D eigenvalue weighted by Crippen LogP contribution is 2.51. The zero-order valence-corrected chi connectivity index (χ0v) is 11.2. The molecule has 0 radical (unpaired) electrons. The molecule has 4 rings (SSSR count). The van der Waals surface area contributed by atoms with Gasteiger partial charge in [0.1, 0.15) is 29.4 Å². The van der Waals surface area contributed by atoms with Gasteiger partial charge in [0, 0.05) is 0 Å². The predicted molar refractivity (Wildman–Crippen MR) is 70.8 cm³/mol. The van der Waals surface area contributed by atoms with Crippen molar-refractivity contribution in [3.8, 4) is 11.6 Å². The Kier molecular flexibility index (Phi) is 2.41. The van der Waals surface area contributed by atoms with Crippen LogP contribution in [0.3, 0.4) is 0 Å². The smallest absolute Gasteiger partial charge is 0.243 e. The lowest BCUT2D eigenvalue weighted by molar-refractivity contribution is 0.304. The number of halogens is 1. The minimum Gasteiger partial charge on any atom is -0.479 e. The number of ether oxygens (including phenoxy) is 1. The quantitative estimate of drug-likeness (QED) is 0.727. The van der Waals surface area contributed by atoms with E-state index in [1.54, 1.807) is 12.4 Å². The molecule has 3 aromatic heterocycles. The van der Waals surface area contributed by atoms with Crippen molar-refractivity contribution in [2.75, 3.05) is 7.11 Å². The molecule has 0 atom stereocenters. The number of hydrogen-bond donors (Lipinski definition) is 0. The number of fused-ring (bicyclic) bond motifs is 1. The van der Waals surface area contributed by atoms with Gasteiger partial charge in [0.15, 0.2) is 11.4 Å². The fraction of sp³-hybridized carbons (Fsp3) is 0.308. The largest absolute Gasteiger partial charge is 0.479 e. The van der Waals surface area contributed by atoms with Crippen LogP contribution >= 0.6 is 0 Å². The molecule has 1 fully saturated rings. The van der Waals surface area contributed by atoms with E-state index in [4.69, 9.17) is 4.74 Å². The first-order valence-electron chi connectivity index (χ1n) is 6.45. The second kappa shape index (κ2) is 4.18. The summed E-state index contributed by atoms with van der Waals surface area (Å²) in [5.41, 5.74) is 0.578. The van der Waals surface area contributed by atoms with Crippen molar-refractivity contribution in [2.24, 2.45) is 0 Å². The van der Waals surface area contributed by atoms with Gasteiger partial charge in [-0.2, -0.15) is 10.1 Å². The number of rotatable bonds is 3. The van der Waals surface area contributed by atoms with E-state index in [1.165, 1.54) is 24.4 Å². The van der Waals surface area contributed by atoms with E-state index in [9.17, 15) is 4.39 Å². The number of aromatic nitrogens is 6. The third kappa shape index (κ3) is 1.75. The van der Waals surface area contributed by atoms with E-state index < -0.39 is 5.67 Å². The summed E-state index contributed by atoms with van der Waals surface area (Å²) in [7, 11) is 1.48. The van der Waals surface area contributed by atoms with Gasteiger partial charge in [-0.1, -0.05) is 0 Å². The van der Waals surface area contributed by atoms with Crippen LogP contribution in [0.2, 0.25) is 0 Å². The van der Waals surface area contributed by atoms with Gasteiger partial charge in [-0.25, -0.2) is 24.0 Å². The van der Waals surface area contributed by atoms with E-state index in [2.05, 4.69) is 25.0 Å². The van der Waals surface area contributed by atoms with Crippen LogP contribution in [0.4, 0.5) is 4.39 Å². The van der Waals surface area contributed by atoms with Gasteiger partial charge in [-0.3, -0.25) is 0 Å². The lowest BCUT2D eigenvalue weighted by Gasteiger charge is -2.14. The average Bonchev–Trinajstić information content (AvgIpc) is 3.13. The molecule has 106 valence electrons. The highest BCUT2D eigenvalue weighted by Gasteiger charge is 2.49. The van der Waals surface area contributed by atoms with Gasteiger partial charge in [-0.05, 0) is 12.8 Å². The van der Waals surface area contributed by atoms with Crippen LogP contribution in [-0.2, 0) is 5.67 Å². The van der Waals surface area contributed by atoms with E-state index in [-0.39, 0.29) is 5.88 Å². The average molecular weight is 286 g/mol. The summed E-state index contributed by atoms with van der Waals surface area (Å²) in [6.07, 6.45) is 6.82. The van der Waals surface area contributed by atoms with Crippen molar-refractivity contribution in [2.45, 2.75) is 18.5 Å². The first kappa shape index (κ1) is 12.1. The van der Waals surface area contributed by atoms with Crippen LogP contribution < -0.4 is 4.74 Å². The van der Waals surface area contributed by atoms with Gasteiger partial charge in [0.25, 0.3) is 0 Å². The Hall–Kier alpha value is -2.64. The zero-order chi connectivity index (χ0) is 14.4. The van der Waals surface area contributed by atoms with Gasteiger partial charge >= 0.3 is 0 Å². The number of alkyl halides is 1. The summed E-state index contributed by atoms with van der Waals surface area (Å²) >= 11 is 0. The van der Waals surface area contributed by atoms with Crippen LogP contribution in [0.5, 0.6) is 5.88 Å². The van der Waals surface area contributed by atoms with Crippen LogP contribution in [-0.4, -0.2) is 36.8 Å². The summed E-state index contributed by atoms with van der Waals surface area (Å²) in [5, 5.41) is 4.26. The number of nitrogens with zero attached hydrogens (tertiary/aromatic N) is 6. The molecule has 7 nitrogen and oxygen atoms in total. The molecule has 1 saturated carbocycles. The normalized spacial score (nSPS) is 16.1. The predicted octanol–water partition coefficient (Wildman–Crippen LogP) is 1.57. The van der Waals surface area contributed by atoms with Gasteiger partial charge in [0.2, 0.25) is 5.88 Å². The van der Waals surface area contributed by atoms with E-state index in [1.807, 2.05) is 0 Å². The van der Waals surface area contributed by atoms with Crippen molar-refractivity contribution in [3.63, 3.8) is 0 Å². The standard InChI is InChI=1S/C13H11FN6O/c1-21-12-10(11(17-7-18-12)13(14)2-3-13)20-9-5-15-6-16-8(9)4-19-20/h4-7H,2-3H2,1H3. The fourth-order valence-electron chi connectivity index (χ4n) is 2.32. The molecule has 1 aliphatic rings. The molecule has 0 aromatic carbocycles. The van der Waals surface area contributed by atoms with Crippen molar-refractivity contribution < 1.29 is 9.13 Å². The first-order valence-corrected chi connectivity index (χ1v) is 6.45. The van der Waals surface area contributed by atoms with Crippen LogP contribution in [0.1, 0.15) is 18.5 Å². The summed E-state index contributed by atoms with van der Waals surface area (Å²) < 4.78 is 21.4. The number of methoxy groups -OCH3 is 1. The van der Waals surface area contributed by atoms with Gasteiger partial charge in [0.05, 0.1) is 19.5 Å². The lowest BCUT2D eigenvalue weighted by atomic mass is 10.2. The van der Waals surface area contributed by atoms with Crippen LogP contribution in [0, 0.1) is 0 Å². The molecule has 0 unspecified atom stereocenters. The highest BCUT2D eigenvalue weighted by molar-refractivity contribution is 5.75. The molecular formula is C13H11FN6O. The molecule has 3 heterocycles. The Bertz CT molecular complexity index is 828. The van der Waals surface area contributed by atoms with Crippen LogP contribution in [0.15, 0.2) is 25.0 Å². The maximum absolute atomic E-state index is 14.6. The third-order valence-electron chi connectivity index (χ3n) is 3.55. The van der Waals surface area contributed by atoms with Crippen molar-refractivity contribution >= 4 is 11.0 Å². The third-order valence-corrected chi connectivity index (χ3v) is 3.55. The monoisotopic (exact) mass is 286 g/mol. The molecule has 8 heteroatoms. The molecule has 0 bridgehead atoms. The maximum Gasteiger partial charge on any atom is 0.243 e. The molecule has 0 N–H and O–H groups in total. The molecule has 3 aromatic rings. The summed E-state index contributed by atoms with van der Waals surface area (Å²) in [5.74, 6) is 0.276. The molecule has 21 heavy (non-hydrogen) atoms.